The Morgan fingerprint density at radius 1 is 1.06 bits per heavy atom. The van der Waals surface area contributed by atoms with Crippen LogP contribution in [0.3, 0.4) is 0 Å². The SMILES string of the molecule is C[C@@H](NC(=O)c1cc(C2=NO[C@H](c3ccccn3)C2)cc(-c2ccc(Cl)cn2)c1)c1ccc(F)cn1. The van der Waals surface area contributed by atoms with E-state index in [0.717, 1.165) is 23.0 Å². The van der Waals surface area contributed by atoms with Crippen LogP contribution in [-0.4, -0.2) is 26.6 Å². The lowest BCUT2D eigenvalue weighted by atomic mass is 9.96. The molecule has 2 atom stereocenters. The molecular formula is C27H21ClFN5O2. The van der Waals surface area contributed by atoms with Gasteiger partial charge in [-0.25, -0.2) is 4.39 Å². The number of pyridine rings is 3. The van der Waals surface area contributed by atoms with Crippen molar-refractivity contribution in [2.24, 2.45) is 5.16 Å². The van der Waals surface area contributed by atoms with Gasteiger partial charge in [0.2, 0.25) is 0 Å². The van der Waals surface area contributed by atoms with Crippen LogP contribution in [0, 0.1) is 5.82 Å². The van der Waals surface area contributed by atoms with E-state index in [1.54, 1.807) is 49.6 Å². The summed E-state index contributed by atoms with van der Waals surface area (Å²) in [4.78, 5) is 31.7. The number of hydrogen-bond acceptors (Lipinski definition) is 6. The molecule has 1 aliphatic rings. The summed E-state index contributed by atoms with van der Waals surface area (Å²) in [6.45, 7) is 1.79. The second-order valence-corrected chi connectivity index (χ2v) is 8.78. The van der Waals surface area contributed by atoms with Gasteiger partial charge in [0, 0.05) is 35.5 Å². The van der Waals surface area contributed by atoms with Crippen molar-refractivity contribution in [2.75, 3.05) is 0 Å². The van der Waals surface area contributed by atoms with E-state index in [2.05, 4.69) is 25.4 Å². The van der Waals surface area contributed by atoms with Crippen LogP contribution in [-0.2, 0) is 4.84 Å². The molecule has 1 aromatic carbocycles. The van der Waals surface area contributed by atoms with E-state index >= 15 is 0 Å². The first kappa shape index (κ1) is 23.6. The fraction of sp³-hybridized carbons (Fsp3) is 0.148. The number of carbonyl (C=O) groups is 1. The molecule has 0 saturated heterocycles. The van der Waals surface area contributed by atoms with E-state index in [1.165, 1.54) is 6.07 Å². The minimum atomic E-state index is -0.436. The molecule has 1 amide bonds. The Balaban J connectivity index is 1.45. The van der Waals surface area contributed by atoms with Crippen molar-refractivity contribution in [1.29, 1.82) is 0 Å². The molecule has 0 unspecified atom stereocenters. The molecular weight excluding hydrogens is 481 g/mol. The summed E-state index contributed by atoms with van der Waals surface area (Å²) in [5.74, 6) is -0.750. The summed E-state index contributed by atoms with van der Waals surface area (Å²) in [5.41, 5.74) is 4.56. The number of hydrogen-bond donors (Lipinski definition) is 1. The summed E-state index contributed by atoms with van der Waals surface area (Å²) in [6, 6.07) is 17.0. The summed E-state index contributed by atoms with van der Waals surface area (Å²) < 4.78 is 13.2. The largest absolute Gasteiger partial charge is 0.385 e. The highest BCUT2D eigenvalue weighted by atomic mass is 35.5. The number of oxime groups is 1. The highest BCUT2D eigenvalue weighted by molar-refractivity contribution is 6.30. The topological polar surface area (TPSA) is 89.4 Å². The van der Waals surface area contributed by atoms with E-state index in [4.69, 9.17) is 16.4 Å². The summed E-state index contributed by atoms with van der Waals surface area (Å²) in [6.07, 6.45) is 4.59. The molecule has 0 saturated carbocycles. The number of benzene rings is 1. The average molecular weight is 502 g/mol. The Hall–Kier alpha value is -4.17. The summed E-state index contributed by atoms with van der Waals surface area (Å²) >= 11 is 6.02. The van der Waals surface area contributed by atoms with Crippen LogP contribution in [0.1, 0.15) is 52.8 Å². The zero-order valence-corrected chi connectivity index (χ0v) is 20.0. The number of nitrogens with one attached hydrogen (secondary N) is 1. The summed E-state index contributed by atoms with van der Waals surface area (Å²) in [7, 11) is 0. The Morgan fingerprint density at radius 2 is 1.92 bits per heavy atom. The fourth-order valence-electron chi connectivity index (χ4n) is 3.89. The average Bonchev–Trinajstić information content (AvgIpc) is 3.40. The van der Waals surface area contributed by atoms with Gasteiger partial charge in [-0.05, 0) is 61.5 Å². The van der Waals surface area contributed by atoms with E-state index < -0.39 is 11.9 Å². The number of carbonyl (C=O) groups excluding carboxylic acids is 1. The van der Waals surface area contributed by atoms with Crippen molar-refractivity contribution in [3.63, 3.8) is 0 Å². The minimum absolute atomic E-state index is 0.305. The van der Waals surface area contributed by atoms with E-state index in [1.807, 2.05) is 24.3 Å². The number of amides is 1. The van der Waals surface area contributed by atoms with Crippen molar-refractivity contribution in [1.82, 2.24) is 20.3 Å². The summed E-state index contributed by atoms with van der Waals surface area (Å²) in [5, 5.41) is 7.73. The normalized spacial score (nSPS) is 15.6. The van der Waals surface area contributed by atoms with Gasteiger partial charge in [0.25, 0.3) is 5.91 Å². The van der Waals surface area contributed by atoms with Gasteiger partial charge in [0.05, 0.1) is 40.1 Å². The molecule has 7 nitrogen and oxygen atoms in total. The van der Waals surface area contributed by atoms with Gasteiger partial charge >= 0.3 is 0 Å². The van der Waals surface area contributed by atoms with Crippen LogP contribution in [0.4, 0.5) is 4.39 Å². The standard InChI is InChI=1S/C27H21ClFN5O2/c1-16(22-8-6-21(29)15-32-22)33-27(35)19-11-17(23-7-5-20(28)14-31-23)10-18(12-19)25-13-26(36-34-25)24-4-2-3-9-30-24/h2-12,14-16,26H,13H2,1H3,(H,33,35)/t16-,26+/m1/s1. The van der Waals surface area contributed by atoms with Crippen LogP contribution in [0.25, 0.3) is 11.3 Å². The number of aromatic nitrogens is 3. The molecule has 0 radical (unpaired) electrons. The lowest BCUT2D eigenvalue weighted by Crippen LogP contribution is -2.27. The molecule has 3 aromatic heterocycles. The van der Waals surface area contributed by atoms with Gasteiger partial charge in [-0.3, -0.25) is 19.7 Å². The molecule has 0 aliphatic carbocycles. The predicted octanol–water partition coefficient (Wildman–Crippen LogP) is 5.69. The first-order chi connectivity index (χ1) is 17.5. The number of nitrogens with zero attached hydrogens (tertiary/aromatic N) is 4. The zero-order chi connectivity index (χ0) is 25.1. The van der Waals surface area contributed by atoms with Gasteiger partial charge in [0.1, 0.15) is 5.82 Å². The van der Waals surface area contributed by atoms with Crippen LogP contribution in [0.2, 0.25) is 5.02 Å². The first-order valence-electron chi connectivity index (χ1n) is 11.3. The fourth-order valence-corrected chi connectivity index (χ4v) is 4.00. The predicted molar refractivity (Wildman–Crippen MR) is 134 cm³/mol. The Labute approximate surface area is 212 Å². The molecule has 1 N–H and O–H groups in total. The molecule has 5 rings (SSSR count). The third-order valence-electron chi connectivity index (χ3n) is 5.78. The molecule has 36 heavy (non-hydrogen) atoms. The van der Waals surface area contributed by atoms with Gasteiger partial charge in [-0.15, -0.1) is 0 Å². The lowest BCUT2D eigenvalue weighted by Gasteiger charge is -2.15. The van der Waals surface area contributed by atoms with Crippen LogP contribution in [0.5, 0.6) is 0 Å². The molecule has 4 heterocycles. The monoisotopic (exact) mass is 501 g/mol. The van der Waals surface area contributed by atoms with E-state index in [0.29, 0.717) is 34.1 Å². The van der Waals surface area contributed by atoms with Crippen molar-refractivity contribution in [3.05, 3.63) is 113 Å². The van der Waals surface area contributed by atoms with E-state index in [-0.39, 0.29) is 12.0 Å². The van der Waals surface area contributed by atoms with Crippen molar-refractivity contribution >= 4 is 23.2 Å². The number of halogens is 2. The highest BCUT2D eigenvalue weighted by Gasteiger charge is 2.26. The highest BCUT2D eigenvalue weighted by Crippen LogP contribution is 2.30. The lowest BCUT2D eigenvalue weighted by molar-refractivity contribution is 0.0826. The van der Waals surface area contributed by atoms with Gasteiger partial charge in [-0.1, -0.05) is 22.8 Å². The molecule has 0 spiro atoms. The Bertz CT molecular complexity index is 1410. The zero-order valence-electron chi connectivity index (χ0n) is 19.2. The maximum atomic E-state index is 13.3. The maximum absolute atomic E-state index is 13.3. The van der Waals surface area contributed by atoms with Crippen LogP contribution in [0.15, 0.2) is 84.4 Å². The Kier molecular flexibility index (Phi) is 6.69. The maximum Gasteiger partial charge on any atom is 0.251 e. The van der Waals surface area contributed by atoms with Gasteiger partial charge in [0.15, 0.2) is 6.10 Å². The van der Waals surface area contributed by atoms with Crippen molar-refractivity contribution < 1.29 is 14.0 Å². The van der Waals surface area contributed by atoms with Gasteiger partial charge < -0.3 is 10.2 Å². The molecule has 0 fully saturated rings. The molecule has 180 valence electrons. The number of rotatable bonds is 6. The van der Waals surface area contributed by atoms with Gasteiger partial charge in [-0.2, -0.15) is 0 Å². The second-order valence-electron chi connectivity index (χ2n) is 8.35. The minimum Gasteiger partial charge on any atom is -0.385 e. The van der Waals surface area contributed by atoms with Crippen LogP contribution >= 0.6 is 11.6 Å². The third kappa shape index (κ3) is 5.23. The van der Waals surface area contributed by atoms with Crippen molar-refractivity contribution in [3.8, 4) is 11.3 Å². The quantitative estimate of drug-likeness (QED) is 0.366. The third-order valence-corrected chi connectivity index (χ3v) is 6.00. The second kappa shape index (κ2) is 10.2. The first-order valence-corrected chi connectivity index (χ1v) is 11.7. The molecule has 9 heteroatoms. The molecule has 1 aliphatic heterocycles. The Morgan fingerprint density at radius 3 is 2.64 bits per heavy atom. The molecule has 0 bridgehead atoms. The van der Waals surface area contributed by atoms with Crippen LogP contribution < -0.4 is 5.32 Å². The smallest absolute Gasteiger partial charge is 0.251 e. The van der Waals surface area contributed by atoms with E-state index in [9.17, 15) is 9.18 Å². The molecule has 4 aromatic rings. The van der Waals surface area contributed by atoms with Crippen molar-refractivity contribution in [2.45, 2.75) is 25.5 Å².